The number of nitrogens with one attached hydrogen (secondary N) is 1. The molecule has 2 rings (SSSR count). The van der Waals surface area contributed by atoms with Crippen LogP contribution in [0.25, 0.3) is 0 Å². The first kappa shape index (κ1) is 17.3. The molecule has 5 atom stereocenters. The van der Waals surface area contributed by atoms with Crippen molar-refractivity contribution in [3.63, 3.8) is 0 Å². The molecule has 0 aromatic carbocycles. The van der Waals surface area contributed by atoms with Crippen molar-refractivity contribution < 1.29 is 30.3 Å². The van der Waals surface area contributed by atoms with E-state index >= 15 is 0 Å². The van der Waals surface area contributed by atoms with Crippen LogP contribution in [0, 0.1) is 0 Å². The molecule has 1 saturated heterocycles. The van der Waals surface area contributed by atoms with Gasteiger partial charge in [-0.15, -0.1) is 0 Å². The molecule has 0 radical (unpaired) electrons. The van der Waals surface area contributed by atoms with Gasteiger partial charge in [0.05, 0.1) is 6.61 Å². The Morgan fingerprint density at radius 1 is 1.30 bits per heavy atom. The Morgan fingerprint density at radius 2 is 1.96 bits per heavy atom. The number of nitrogens with zero attached hydrogens (tertiary/aromatic N) is 2. The molecule has 1 aliphatic rings. The Balaban J connectivity index is 2.32. The van der Waals surface area contributed by atoms with Gasteiger partial charge in [0.15, 0.2) is 6.29 Å². The van der Waals surface area contributed by atoms with Crippen molar-refractivity contribution >= 4 is 6.21 Å². The maximum atomic E-state index is 11.7. The predicted octanol–water partition coefficient (Wildman–Crippen LogP) is -4.00. The standard InChI is InChI=1S/C12H17N3O8/c1-15-10(20)4(9(19)14-12(15)22)2-13-6-8(18)7(17)5(3-16)23-11(6)21/h2,5-8,11,16-18,20-21H,3H2,1H3,(H,14,19,22)/t5-,6+,7+,8+,11-/m1/s1. The van der Waals surface area contributed by atoms with Crippen LogP contribution in [0.3, 0.4) is 0 Å². The molecule has 128 valence electrons. The first-order valence-corrected chi connectivity index (χ1v) is 6.64. The molecule has 1 aromatic heterocycles. The molecule has 0 spiro atoms. The van der Waals surface area contributed by atoms with Gasteiger partial charge < -0.3 is 30.3 Å². The van der Waals surface area contributed by atoms with E-state index in [4.69, 9.17) is 9.84 Å². The fourth-order valence-electron chi connectivity index (χ4n) is 2.15. The Hall–Kier alpha value is -2.05. The number of aliphatic hydroxyl groups excluding tert-OH is 4. The monoisotopic (exact) mass is 331 g/mol. The second kappa shape index (κ2) is 6.60. The summed E-state index contributed by atoms with van der Waals surface area (Å²) in [6.45, 7) is -0.618. The number of hydrogen-bond donors (Lipinski definition) is 6. The number of aromatic amines is 1. The van der Waals surface area contributed by atoms with Crippen molar-refractivity contribution in [3.8, 4) is 5.88 Å². The summed E-state index contributed by atoms with van der Waals surface area (Å²) in [5, 5.41) is 48.1. The summed E-state index contributed by atoms with van der Waals surface area (Å²) in [5.74, 6) is -0.656. The molecule has 11 nitrogen and oxygen atoms in total. The zero-order chi connectivity index (χ0) is 17.3. The van der Waals surface area contributed by atoms with Gasteiger partial charge in [0.2, 0.25) is 5.88 Å². The zero-order valence-corrected chi connectivity index (χ0v) is 12.0. The van der Waals surface area contributed by atoms with E-state index in [0.29, 0.717) is 0 Å². The van der Waals surface area contributed by atoms with Gasteiger partial charge in [-0.05, 0) is 0 Å². The summed E-state index contributed by atoms with van der Waals surface area (Å²) in [6, 6.07) is -1.36. The van der Waals surface area contributed by atoms with E-state index in [1.54, 1.807) is 0 Å². The van der Waals surface area contributed by atoms with Crippen LogP contribution in [0.2, 0.25) is 0 Å². The highest BCUT2D eigenvalue weighted by Gasteiger charge is 2.43. The molecule has 1 fully saturated rings. The number of rotatable bonds is 3. The number of aromatic hydroxyl groups is 1. The lowest BCUT2D eigenvalue weighted by Crippen LogP contribution is -2.57. The van der Waals surface area contributed by atoms with Gasteiger partial charge in [-0.25, -0.2) is 4.79 Å². The molecule has 0 bridgehead atoms. The Kier molecular flexibility index (Phi) is 4.97. The van der Waals surface area contributed by atoms with Gasteiger partial charge >= 0.3 is 5.69 Å². The quantitative estimate of drug-likeness (QED) is 0.303. The van der Waals surface area contributed by atoms with Crippen molar-refractivity contribution in [1.29, 1.82) is 0 Å². The van der Waals surface area contributed by atoms with Crippen LogP contribution in [0.15, 0.2) is 14.6 Å². The highest BCUT2D eigenvalue weighted by Crippen LogP contribution is 2.22. The van der Waals surface area contributed by atoms with Gasteiger partial charge in [0.25, 0.3) is 5.56 Å². The number of aliphatic hydroxyl groups is 4. The smallest absolute Gasteiger partial charge is 0.330 e. The van der Waals surface area contributed by atoms with Crippen LogP contribution in [-0.2, 0) is 11.8 Å². The van der Waals surface area contributed by atoms with E-state index < -0.39 is 54.4 Å². The summed E-state index contributed by atoms with van der Waals surface area (Å²) < 4.78 is 5.67. The van der Waals surface area contributed by atoms with Crippen molar-refractivity contribution in [1.82, 2.24) is 9.55 Å². The molecule has 2 heterocycles. The van der Waals surface area contributed by atoms with E-state index in [9.17, 15) is 30.0 Å². The highest BCUT2D eigenvalue weighted by molar-refractivity contribution is 5.82. The summed E-state index contributed by atoms with van der Waals surface area (Å²) >= 11 is 0. The van der Waals surface area contributed by atoms with E-state index in [-0.39, 0.29) is 5.56 Å². The molecule has 11 heteroatoms. The first-order valence-electron chi connectivity index (χ1n) is 6.64. The lowest BCUT2D eigenvalue weighted by atomic mass is 9.97. The van der Waals surface area contributed by atoms with E-state index in [1.165, 1.54) is 7.05 Å². The fraction of sp³-hybridized carbons (Fsp3) is 0.583. The lowest BCUT2D eigenvalue weighted by Gasteiger charge is -2.38. The molecule has 0 amide bonds. The van der Waals surface area contributed by atoms with E-state index in [0.717, 1.165) is 10.8 Å². The lowest BCUT2D eigenvalue weighted by molar-refractivity contribution is -0.248. The normalized spacial score (nSPS) is 31.6. The summed E-state index contributed by atoms with van der Waals surface area (Å²) in [5.41, 5.74) is -2.11. The summed E-state index contributed by atoms with van der Waals surface area (Å²) in [7, 11) is 1.22. The molecule has 0 unspecified atom stereocenters. The van der Waals surface area contributed by atoms with Crippen LogP contribution in [0.4, 0.5) is 0 Å². The largest absolute Gasteiger partial charge is 0.494 e. The van der Waals surface area contributed by atoms with E-state index in [2.05, 4.69) is 4.99 Å². The van der Waals surface area contributed by atoms with E-state index in [1.807, 2.05) is 4.98 Å². The van der Waals surface area contributed by atoms with Gasteiger partial charge in [-0.2, -0.15) is 0 Å². The molecule has 6 N–H and O–H groups in total. The maximum Gasteiger partial charge on any atom is 0.330 e. The Labute approximate surface area is 128 Å². The minimum absolute atomic E-state index is 0.370. The molecular weight excluding hydrogens is 314 g/mol. The van der Waals surface area contributed by atoms with Gasteiger partial charge in [-0.1, -0.05) is 0 Å². The van der Waals surface area contributed by atoms with Crippen molar-refractivity contribution in [2.24, 2.45) is 12.0 Å². The third-order valence-corrected chi connectivity index (χ3v) is 3.57. The number of aliphatic imine (C=N–C) groups is 1. The third-order valence-electron chi connectivity index (χ3n) is 3.57. The molecule has 23 heavy (non-hydrogen) atoms. The Morgan fingerprint density at radius 3 is 2.57 bits per heavy atom. The number of H-pyrrole nitrogens is 1. The minimum atomic E-state index is -1.64. The topological polar surface area (TPSA) is 178 Å². The summed E-state index contributed by atoms with van der Waals surface area (Å²) in [4.78, 5) is 28.6. The average Bonchev–Trinajstić information content (AvgIpc) is 2.51. The third kappa shape index (κ3) is 3.18. The number of hydrogen-bond acceptors (Lipinski definition) is 9. The molecule has 1 aliphatic heterocycles. The van der Waals surface area contributed by atoms with Crippen LogP contribution in [0.1, 0.15) is 5.56 Å². The fourth-order valence-corrected chi connectivity index (χ4v) is 2.15. The van der Waals surface area contributed by atoms with Crippen LogP contribution in [0.5, 0.6) is 5.88 Å². The van der Waals surface area contributed by atoms with Crippen LogP contribution in [-0.4, -0.2) is 78.5 Å². The Bertz CT molecular complexity index is 711. The molecule has 0 saturated carbocycles. The second-order valence-corrected chi connectivity index (χ2v) is 5.05. The van der Waals surface area contributed by atoms with Crippen molar-refractivity contribution in [2.45, 2.75) is 30.6 Å². The van der Waals surface area contributed by atoms with Crippen molar-refractivity contribution in [2.75, 3.05) is 6.61 Å². The second-order valence-electron chi connectivity index (χ2n) is 5.05. The number of ether oxygens (including phenoxy) is 1. The molecule has 0 aliphatic carbocycles. The number of aromatic nitrogens is 2. The van der Waals surface area contributed by atoms with Crippen molar-refractivity contribution in [3.05, 3.63) is 26.4 Å². The molecular formula is C12H17N3O8. The average molecular weight is 331 g/mol. The van der Waals surface area contributed by atoms with Gasteiger partial charge in [0, 0.05) is 13.3 Å². The maximum absolute atomic E-state index is 11.7. The van der Waals surface area contributed by atoms with Crippen LogP contribution < -0.4 is 11.2 Å². The van der Waals surface area contributed by atoms with Crippen LogP contribution >= 0.6 is 0 Å². The van der Waals surface area contributed by atoms with Gasteiger partial charge in [0.1, 0.15) is 29.9 Å². The SMILES string of the molecule is Cn1c(O)c(C=N[C@H]2[C@H](O)[C@@H](O)[C@@H](CO)O[C@H]2O)c(=O)[nH]c1=O. The minimum Gasteiger partial charge on any atom is -0.494 e. The van der Waals surface area contributed by atoms with Gasteiger partial charge in [-0.3, -0.25) is 19.3 Å². The predicted molar refractivity (Wildman–Crippen MR) is 75.3 cm³/mol. The highest BCUT2D eigenvalue weighted by atomic mass is 16.6. The summed E-state index contributed by atoms with van der Waals surface area (Å²) in [6.07, 6.45) is -5.05. The zero-order valence-electron chi connectivity index (χ0n) is 12.0. The molecule has 1 aromatic rings. The first-order chi connectivity index (χ1) is 10.8.